The normalized spacial score (nSPS) is 11.9. The lowest BCUT2D eigenvalue weighted by Crippen LogP contribution is -2.20. The van der Waals surface area contributed by atoms with E-state index in [-0.39, 0.29) is 11.7 Å². The second kappa shape index (κ2) is 7.71. The van der Waals surface area contributed by atoms with Crippen LogP contribution in [0.4, 0.5) is 5.69 Å². The van der Waals surface area contributed by atoms with Gasteiger partial charge in [0.1, 0.15) is 5.75 Å². The molecular weight excluding hydrogens is 284 g/mol. The number of carbonyl (C=O) groups is 1. The molecule has 0 bridgehead atoms. The third-order valence-corrected chi connectivity index (χ3v) is 4.18. The van der Waals surface area contributed by atoms with E-state index in [9.17, 15) is 9.00 Å². The minimum atomic E-state index is -1.21. The average molecular weight is 302 g/mol. The lowest BCUT2D eigenvalue weighted by atomic mass is 10.2. The zero-order valence-electron chi connectivity index (χ0n) is 11.6. The van der Waals surface area contributed by atoms with Gasteiger partial charge in [-0.05, 0) is 23.3 Å². The first-order valence-corrected chi connectivity index (χ1v) is 8.14. The second-order valence-electron chi connectivity index (χ2n) is 4.66. The molecule has 0 fully saturated rings. The van der Waals surface area contributed by atoms with Gasteiger partial charge < -0.3 is 11.1 Å². The van der Waals surface area contributed by atoms with E-state index in [2.05, 4.69) is 5.32 Å². The summed E-state index contributed by atoms with van der Waals surface area (Å²) in [7, 11) is -1.21. The maximum atomic E-state index is 11.9. The summed E-state index contributed by atoms with van der Waals surface area (Å²) in [4.78, 5) is 11.8. The van der Waals surface area contributed by atoms with Gasteiger partial charge in [0.2, 0.25) is 5.91 Å². The van der Waals surface area contributed by atoms with Crippen LogP contribution in [0.3, 0.4) is 0 Å². The topological polar surface area (TPSA) is 72.2 Å². The summed E-state index contributed by atoms with van der Waals surface area (Å²) in [6.07, 6.45) is 0. The predicted molar refractivity (Wildman–Crippen MR) is 86.1 cm³/mol. The monoisotopic (exact) mass is 302 g/mol. The van der Waals surface area contributed by atoms with Crippen LogP contribution in [0, 0.1) is 0 Å². The minimum Gasteiger partial charge on any atom is -0.326 e. The van der Waals surface area contributed by atoms with Crippen molar-refractivity contribution in [3.05, 3.63) is 65.7 Å². The highest BCUT2D eigenvalue weighted by Gasteiger charge is 2.09. The minimum absolute atomic E-state index is 0.00641. The van der Waals surface area contributed by atoms with Gasteiger partial charge in [0.25, 0.3) is 0 Å². The third kappa shape index (κ3) is 5.13. The van der Waals surface area contributed by atoms with Gasteiger partial charge in [0.15, 0.2) is 0 Å². The van der Waals surface area contributed by atoms with Crippen molar-refractivity contribution < 1.29 is 9.00 Å². The predicted octanol–water partition coefficient (Wildman–Crippen LogP) is 2.03. The Morgan fingerprint density at radius 1 is 1.00 bits per heavy atom. The highest BCUT2D eigenvalue weighted by molar-refractivity contribution is 7.84. The summed E-state index contributed by atoms with van der Waals surface area (Å²) in [5.41, 5.74) is 8.17. The Balaban J connectivity index is 1.84. The number of nitrogens with two attached hydrogens (primary N) is 1. The summed E-state index contributed by atoms with van der Waals surface area (Å²) >= 11 is 0. The van der Waals surface area contributed by atoms with Crippen molar-refractivity contribution in [2.45, 2.75) is 12.3 Å². The fourth-order valence-corrected chi connectivity index (χ4v) is 2.91. The van der Waals surface area contributed by atoms with E-state index < -0.39 is 10.8 Å². The number of anilines is 1. The highest BCUT2D eigenvalue weighted by Crippen LogP contribution is 2.09. The fourth-order valence-electron chi connectivity index (χ4n) is 1.88. The van der Waals surface area contributed by atoms with Crippen molar-refractivity contribution in [2.75, 3.05) is 11.1 Å². The highest BCUT2D eigenvalue weighted by atomic mass is 32.2. The number of carbonyl (C=O) groups excluding carboxylic acids is 1. The Morgan fingerprint density at radius 3 is 2.29 bits per heavy atom. The zero-order valence-corrected chi connectivity index (χ0v) is 12.4. The first kappa shape index (κ1) is 15.4. The molecule has 0 heterocycles. The molecule has 0 aliphatic rings. The molecule has 1 atom stereocenters. The van der Waals surface area contributed by atoms with Gasteiger partial charge in [-0.3, -0.25) is 9.00 Å². The molecule has 3 N–H and O–H groups in total. The first-order chi connectivity index (χ1) is 10.2. The van der Waals surface area contributed by atoms with Gasteiger partial charge in [-0.15, -0.1) is 0 Å². The number of amides is 1. The van der Waals surface area contributed by atoms with Crippen molar-refractivity contribution in [1.82, 2.24) is 0 Å². The van der Waals surface area contributed by atoms with E-state index in [0.29, 0.717) is 18.0 Å². The van der Waals surface area contributed by atoms with Gasteiger partial charge in [0, 0.05) is 28.8 Å². The molecule has 0 saturated heterocycles. The number of benzene rings is 2. The molecule has 2 rings (SSSR count). The van der Waals surface area contributed by atoms with Crippen molar-refractivity contribution in [3.63, 3.8) is 0 Å². The molecule has 0 radical (unpaired) electrons. The number of hydrogen-bond acceptors (Lipinski definition) is 3. The Morgan fingerprint density at radius 2 is 1.67 bits per heavy atom. The molecule has 0 aromatic heterocycles. The Hall–Kier alpha value is -1.98. The van der Waals surface area contributed by atoms with Crippen molar-refractivity contribution in [1.29, 1.82) is 0 Å². The van der Waals surface area contributed by atoms with E-state index in [0.717, 1.165) is 11.1 Å². The first-order valence-electron chi connectivity index (χ1n) is 6.65. The van der Waals surface area contributed by atoms with E-state index in [1.54, 1.807) is 12.1 Å². The van der Waals surface area contributed by atoms with E-state index in [4.69, 9.17) is 5.73 Å². The Kier molecular flexibility index (Phi) is 5.66. The molecule has 0 aliphatic heterocycles. The molecule has 5 heteroatoms. The largest absolute Gasteiger partial charge is 0.326 e. The van der Waals surface area contributed by atoms with Crippen LogP contribution in [0.15, 0.2) is 54.6 Å². The van der Waals surface area contributed by atoms with Crippen LogP contribution in [-0.4, -0.2) is 15.9 Å². The van der Waals surface area contributed by atoms with E-state index >= 15 is 0 Å². The molecule has 1 amide bonds. The quantitative estimate of drug-likeness (QED) is 0.857. The molecule has 21 heavy (non-hydrogen) atoms. The molecule has 0 aliphatic carbocycles. The maximum Gasteiger partial charge on any atom is 0.237 e. The van der Waals surface area contributed by atoms with Crippen molar-refractivity contribution in [2.24, 2.45) is 5.73 Å². The van der Waals surface area contributed by atoms with Crippen molar-refractivity contribution >= 4 is 22.4 Å². The summed E-state index contributed by atoms with van der Waals surface area (Å²) in [5, 5.41) is 2.74. The van der Waals surface area contributed by atoms with Crippen LogP contribution in [0.2, 0.25) is 0 Å². The van der Waals surface area contributed by atoms with Crippen LogP contribution in [0.5, 0.6) is 0 Å². The van der Waals surface area contributed by atoms with Crippen molar-refractivity contribution in [3.8, 4) is 0 Å². The van der Waals surface area contributed by atoms with Crippen LogP contribution in [0.1, 0.15) is 11.1 Å². The van der Waals surface area contributed by atoms with Gasteiger partial charge in [-0.1, -0.05) is 42.5 Å². The fraction of sp³-hybridized carbons (Fsp3) is 0.188. The van der Waals surface area contributed by atoms with Gasteiger partial charge in [0.05, 0.1) is 0 Å². The summed E-state index contributed by atoms with van der Waals surface area (Å²) < 4.78 is 11.9. The van der Waals surface area contributed by atoms with Gasteiger partial charge in [-0.2, -0.15) is 0 Å². The summed E-state index contributed by atoms with van der Waals surface area (Å²) in [5.74, 6) is 0.137. The second-order valence-corrected chi connectivity index (χ2v) is 6.12. The van der Waals surface area contributed by atoms with Crippen LogP contribution in [-0.2, 0) is 27.9 Å². The molecule has 0 spiro atoms. The maximum absolute atomic E-state index is 11.9. The lowest BCUT2D eigenvalue weighted by molar-refractivity contribution is -0.113. The number of rotatable bonds is 6. The lowest BCUT2D eigenvalue weighted by Gasteiger charge is -2.06. The third-order valence-electron chi connectivity index (χ3n) is 2.94. The van der Waals surface area contributed by atoms with Gasteiger partial charge in [-0.25, -0.2) is 0 Å². The molecule has 110 valence electrons. The van der Waals surface area contributed by atoms with Crippen LogP contribution in [0.25, 0.3) is 0 Å². The zero-order chi connectivity index (χ0) is 15.1. The molecule has 4 nitrogen and oxygen atoms in total. The smallest absolute Gasteiger partial charge is 0.237 e. The molecular formula is C16H18N2O2S. The SMILES string of the molecule is NCc1ccc(NC(=O)CS(=O)Cc2ccccc2)cc1. The Bertz CT molecular complexity index is 612. The number of hydrogen-bond donors (Lipinski definition) is 2. The average Bonchev–Trinajstić information content (AvgIpc) is 2.48. The Labute approximate surface area is 126 Å². The van der Waals surface area contributed by atoms with E-state index in [1.807, 2.05) is 42.5 Å². The van der Waals surface area contributed by atoms with E-state index in [1.165, 1.54) is 0 Å². The summed E-state index contributed by atoms with van der Waals surface area (Å²) in [6.45, 7) is 0.468. The van der Waals surface area contributed by atoms with Crippen LogP contribution >= 0.6 is 0 Å². The summed E-state index contributed by atoms with van der Waals surface area (Å²) in [6, 6.07) is 16.8. The molecule has 0 saturated carbocycles. The standard InChI is InChI=1S/C16H18N2O2S/c17-10-13-6-8-15(9-7-13)18-16(19)12-21(20)11-14-4-2-1-3-5-14/h1-9H,10-12,17H2,(H,18,19). The molecule has 2 aromatic rings. The van der Waals surface area contributed by atoms with Gasteiger partial charge >= 0.3 is 0 Å². The molecule has 1 unspecified atom stereocenters. The number of nitrogens with one attached hydrogen (secondary N) is 1. The molecule has 2 aromatic carbocycles. The van der Waals surface area contributed by atoms with Crippen LogP contribution < -0.4 is 11.1 Å².